The van der Waals surface area contributed by atoms with Gasteiger partial charge in [0.05, 0.1) is 23.9 Å². The fourth-order valence-corrected chi connectivity index (χ4v) is 5.51. The van der Waals surface area contributed by atoms with Crippen molar-refractivity contribution in [1.82, 2.24) is 5.32 Å². The molecule has 0 saturated carbocycles. The summed E-state index contributed by atoms with van der Waals surface area (Å²) in [6.07, 6.45) is 0.0501. The fraction of sp³-hybridized carbons (Fsp3) is 0.304. The van der Waals surface area contributed by atoms with Crippen LogP contribution in [0.3, 0.4) is 0 Å². The number of nitro benzene ring substituents is 1. The number of hydrogen-bond donors (Lipinski definition) is 3. The summed E-state index contributed by atoms with van der Waals surface area (Å²) in [5, 5.41) is 17.4. The van der Waals surface area contributed by atoms with Crippen molar-refractivity contribution in [3.63, 3.8) is 0 Å². The van der Waals surface area contributed by atoms with Crippen molar-refractivity contribution in [1.29, 1.82) is 0 Å². The zero-order chi connectivity index (χ0) is 25.1. The van der Waals surface area contributed by atoms with E-state index in [9.17, 15) is 29.3 Å². The minimum atomic E-state index is -1.56. The predicted molar refractivity (Wildman–Crippen MR) is 121 cm³/mol. The van der Waals surface area contributed by atoms with E-state index in [1.807, 2.05) is 0 Å². The van der Waals surface area contributed by atoms with Crippen molar-refractivity contribution < 1.29 is 28.8 Å². The molecule has 0 aliphatic carbocycles. The molecule has 12 nitrogen and oxygen atoms in total. The van der Waals surface area contributed by atoms with Crippen LogP contribution in [-0.2, 0) is 24.7 Å². The van der Waals surface area contributed by atoms with Gasteiger partial charge in [-0.3, -0.25) is 34.6 Å². The molecule has 180 valence electrons. The van der Waals surface area contributed by atoms with Crippen LogP contribution in [-0.4, -0.2) is 41.7 Å². The average molecular weight is 479 g/mol. The van der Waals surface area contributed by atoms with Crippen LogP contribution >= 0.6 is 0 Å². The summed E-state index contributed by atoms with van der Waals surface area (Å²) in [5.74, 6) is -4.50. The third-order valence-electron chi connectivity index (χ3n) is 6.94. The summed E-state index contributed by atoms with van der Waals surface area (Å²) in [4.78, 5) is 64.2. The van der Waals surface area contributed by atoms with Gasteiger partial charge >= 0.3 is 0 Å². The number of methoxy groups -OCH3 is 1. The zero-order valence-electron chi connectivity index (χ0n) is 18.5. The molecule has 2 fully saturated rings. The van der Waals surface area contributed by atoms with Gasteiger partial charge < -0.3 is 15.8 Å². The van der Waals surface area contributed by atoms with Gasteiger partial charge in [-0.25, -0.2) is 4.90 Å². The number of non-ortho nitro benzene ring substituents is 1. The number of nitrogens with two attached hydrogens (primary N) is 1. The van der Waals surface area contributed by atoms with Crippen LogP contribution in [0.25, 0.3) is 0 Å². The normalized spacial score (nSPS) is 26.6. The number of amides is 4. The number of carbonyl (C=O) groups excluding carboxylic acids is 4. The number of carbonyl (C=O) groups is 4. The van der Waals surface area contributed by atoms with Gasteiger partial charge in [0.15, 0.2) is 0 Å². The van der Waals surface area contributed by atoms with E-state index in [2.05, 4.69) is 10.6 Å². The first kappa shape index (κ1) is 22.5. The number of nitrogens with one attached hydrogen (secondary N) is 2. The minimum Gasteiger partial charge on any atom is -0.495 e. The van der Waals surface area contributed by atoms with Crippen LogP contribution in [0, 0.1) is 22.0 Å². The Morgan fingerprint density at radius 2 is 1.94 bits per heavy atom. The SMILES string of the molecule is COc1ccc([N+](=O)[O-])cc1N1C(=O)[C@H]2[C@@H](C1=O)[C@@]1(N[C@@H]2CCC(N)=O)C(=O)Nc2ccccc21. The number of nitro groups is 1. The Bertz CT molecular complexity index is 1310. The van der Waals surface area contributed by atoms with Gasteiger partial charge in [-0.2, -0.15) is 0 Å². The maximum absolute atomic E-state index is 13.9. The van der Waals surface area contributed by atoms with Crippen molar-refractivity contribution in [2.75, 3.05) is 17.3 Å². The molecule has 0 aromatic heterocycles. The Labute approximate surface area is 198 Å². The summed E-state index contributed by atoms with van der Waals surface area (Å²) in [7, 11) is 1.32. The number of anilines is 2. The summed E-state index contributed by atoms with van der Waals surface area (Å²) in [5.41, 5.74) is 4.38. The number of ether oxygens (including phenoxy) is 1. The second-order valence-electron chi connectivity index (χ2n) is 8.69. The number of para-hydroxylation sites is 1. The van der Waals surface area contributed by atoms with E-state index < -0.39 is 52.0 Å². The highest BCUT2D eigenvalue weighted by atomic mass is 16.6. The van der Waals surface area contributed by atoms with Gasteiger partial charge in [-0.1, -0.05) is 18.2 Å². The zero-order valence-corrected chi connectivity index (χ0v) is 18.5. The van der Waals surface area contributed by atoms with E-state index in [4.69, 9.17) is 10.5 Å². The number of fused-ring (bicyclic) bond motifs is 4. The van der Waals surface area contributed by atoms with Crippen LogP contribution < -0.4 is 26.0 Å². The topological polar surface area (TPSA) is 174 Å². The molecule has 0 bridgehead atoms. The highest BCUT2D eigenvalue weighted by molar-refractivity contribution is 6.26. The van der Waals surface area contributed by atoms with E-state index in [1.54, 1.807) is 24.3 Å². The molecule has 5 rings (SSSR count). The molecule has 3 aliphatic heterocycles. The van der Waals surface area contributed by atoms with Gasteiger partial charge in [0.25, 0.3) is 5.69 Å². The third kappa shape index (κ3) is 3.10. The van der Waals surface area contributed by atoms with Gasteiger partial charge in [-0.05, 0) is 18.6 Å². The number of nitrogens with zero attached hydrogens (tertiary/aromatic N) is 2. The molecule has 4 atom stereocenters. The number of hydrogen-bond acceptors (Lipinski definition) is 8. The maximum atomic E-state index is 13.9. The summed E-state index contributed by atoms with van der Waals surface area (Å²) >= 11 is 0. The average Bonchev–Trinajstić information content (AvgIpc) is 3.41. The lowest BCUT2D eigenvalue weighted by Gasteiger charge is -2.29. The molecule has 2 aromatic carbocycles. The maximum Gasteiger partial charge on any atom is 0.271 e. The molecule has 0 radical (unpaired) electrons. The van der Waals surface area contributed by atoms with Gasteiger partial charge in [0.2, 0.25) is 23.6 Å². The fourth-order valence-electron chi connectivity index (χ4n) is 5.51. The lowest BCUT2D eigenvalue weighted by Crippen LogP contribution is -2.53. The molecule has 2 aromatic rings. The Balaban J connectivity index is 1.67. The predicted octanol–water partition coefficient (Wildman–Crippen LogP) is 0.794. The van der Waals surface area contributed by atoms with Crippen molar-refractivity contribution in [2.45, 2.75) is 24.4 Å². The highest BCUT2D eigenvalue weighted by Gasteiger charge is 2.70. The summed E-state index contributed by atoms with van der Waals surface area (Å²) in [6.45, 7) is 0. The molecule has 12 heteroatoms. The van der Waals surface area contributed by atoms with Crippen molar-refractivity contribution in [3.8, 4) is 5.75 Å². The largest absolute Gasteiger partial charge is 0.495 e. The number of imide groups is 1. The van der Waals surface area contributed by atoms with Crippen LogP contribution in [0.15, 0.2) is 42.5 Å². The van der Waals surface area contributed by atoms with E-state index in [1.165, 1.54) is 19.2 Å². The molecule has 2 saturated heterocycles. The standard InChI is InChI=1S/C23H21N5O7/c1-35-16-8-6-11(28(33)34)10-15(16)27-20(30)18-14(7-9-17(24)29)26-23(19(18)21(27)31)12-4-2-3-5-13(12)25-22(23)32/h2-6,8,10,14,18-19,26H,7,9H2,1H3,(H2,24,29)(H,25,32)/t14-,18-,19+,23-/m1/s1. The van der Waals surface area contributed by atoms with Crippen molar-refractivity contribution in [3.05, 3.63) is 58.1 Å². The Kier molecular flexibility index (Phi) is 5.06. The first-order chi connectivity index (χ1) is 16.7. The minimum absolute atomic E-state index is 0.0676. The highest BCUT2D eigenvalue weighted by Crippen LogP contribution is 2.54. The quantitative estimate of drug-likeness (QED) is 0.310. The summed E-state index contributed by atoms with van der Waals surface area (Å²) < 4.78 is 5.29. The molecule has 4 amide bonds. The van der Waals surface area contributed by atoms with E-state index in [0.29, 0.717) is 11.3 Å². The lowest BCUT2D eigenvalue weighted by atomic mass is 9.76. The van der Waals surface area contributed by atoms with Crippen LogP contribution in [0.5, 0.6) is 5.75 Å². The van der Waals surface area contributed by atoms with Crippen LogP contribution in [0.1, 0.15) is 18.4 Å². The van der Waals surface area contributed by atoms with E-state index in [-0.39, 0.29) is 30.0 Å². The molecule has 4 N–H and O–H groups in total. The van der Waals surface area contributed by atoms with Gasteiger partial charge in [-0.15, -0.1) is 0 Å². The number of rotatable bonds is 6. The second kappa shape index (κ2) is 7.87. The Hall–Kier alpha value is -4.32. The number of benzene rings is 2. The van der Waals surface area contributed by atoms with Gasteiger partial charge in [0, 0.05) is 35.8 Å². The van der Waals surface area contributed by atoms with Gasteiger partial charge in [0.1, 0.15) is 17.0 Å². The smallest absolute Gasteiger partial charge is 0.271 e. The van der Waals surface area contributed by atoms with Crippen molar-refractivity contribution in [2.24, 2.45) is 17.6 Å². The second-order valence-corrected chi connectivity index (χ2v) is 8.69. The monoisotopic (exact) mass is 479 g/mol. The molecule has 35 heavy (non-hydrogen) atoms. The Morgan fingerprint density at radius 1 is 1.20 bits per heavy atom. The van der Waals surface area contributed by atoms with Crippen LogP contribution in [0.2, 0.25) is 0 Å². The third-order valence-corrected chi connectivity index (χ3v) is 6.94. The molecular weight excluding hydrogens is 458 g/mol. The molecular formula is C23H21N5O7. The van der Waals surface area contributed by atoms with E-state index in [0.717, 1.165) is 11.0 Å². The molecule has 3 aliphatic rings. The lowest BCUT2D eigenvalue weighted by molar-refractivity contribution is -0.384. The molecule has 0 unspecified atom stereocenters. The number of primary amides is 1. The molecule has 1 spiro atoms. The van der Waals surface area contributed by atoms with E-state index >= 15 is 0 Å². The van der Waals surface area contributed by atoms with Crippen molar-refractivity contribution >= 4 is 40.7 Å². The summed E-state index contributed by atoms with van der Waals surface area (Å²) in [6, 6.07) is 9.71. The Morgan fingerprint density at radius 3 is 2.63 bits per heavy atom. The molecule has 3 heterocycles. The first-order valence-electron chi connectivity index (χ1n) is 10.9. The first-order valence-corrected chi connectivity index (χ1v) is 10.9. The van der Waals surface area contributed by atoms with Crippen LogP contribution in [0.4, 0.5) is 17.1 Å².